The summed E-state index contributed by atoms with van der Waals surface area (Å²) in [6.45, 7) is 4.01. The molecule has 0 aromatic heterocycles. The van der Waals surface area contributed by atoms with Crippen LogP contribution in [0.25, 0.3) is 0 Å². The van der Waals surface area contributed by atoms with Crippen molar-refractivity contribution in [1.29, 1.82) is 0 Å². The summed E-state index contributed by atoms with van der Waals surface area (Å²) >= 11 is 5.85. The van der Waals surface area contributed by atoms with E-state index < -0.39 is 6.04 Å². The molecule has 3 rings (SSSR count). The number of carbonyl (C=O) groups is 2. The lowest BCUT2D eigenvalue weighted by atomic mass is 10.0. The van der Waals surface area contributed by atoms with E-state index in [0.29, 0.717) is 43.6 Å². The first kappa shape index (κ1) is 22.1. The molecule has 0 radical (unpaired) electrons. The van der Waals surface area contributed by atoms with Crippen LogP contribution in [0.3, 0.4) is 0 Å². The Labute approximate surface area is 181 Å². The SMILES string of the molecule is CCOC(=O)C(c1ccccc1)N1CCOC(CNC(=O)Nc2ccc(Cl)cc2)C1. The van der Waals surface area contributed by atoms with Gasteiger partial charge in [0.2, 0.25) is 0 Å². The van der Waals surface area contributed by atoms with Gasteiger partial charge in [-0.3, -0.25) is 4.90 Å². The molecule has 1 heterocycles. The molecular weight excluding hydrogens is 406 g/mol. The van der Waals surface area contributed by atoms with Crippen LogP contribution in [0, 0.1) is 0 Å². The zero-order chi connectivity index (χ0) is 21.3. The zero-order valence-corrected chi connectivity index (χ0v) is 17.6. The number of benzene rings is 2. The van der Waals surface area contributed by atoms with Crippen LogP contribution in [0.1, 0.15) is 18.5 Å². The van der Waals surface area contributed by atoms with Crippen LogP contribution < -0.4 is 10.6 Å². The fourth-order valence-electron chi connectivity index (χ4n) is 3.37. The largest absolute Gasteiger partial charge is 0.465 e. The van der Waals surface area contributed by atoms with E-state index in [-0.39, 0.29) is 18.1 Å². The Morgan fingerprint density at radius 3 is 2.63 bits per heavy atom. The van der Waals surface area contributed by atoms with Crippen LogP contribution in [0.2, 0.25) is 5.02 Å². The highest BCUT2D eigenvalue weighted by molar-refractivity contribution is 6.30. The second kappa shape index (κ2) is 11.0. The highest BCUT2D eigenvalue weighted by Crippen LogP contribution is 2.24. The van der Waals surface area contributed by atoms with Crippen molar-refractivity contribution in [3.8, 4) is 0 Å². The number of esters is 1. The summed E-state index contributed by atoms with van der Waals surface area (Å²) in [4.78, 5) is 26.9. The molecule has 160 valence electrons. The van der Waals surface area contributed by atoms with Crippen LogP contribution in [-0.2, 0) is 14.3 Å². The quantitative estimate of drug-likeness (QED) is 0.656. The molecule has 1 aliphatic heterocycles. The topological polar surface area (TPSA) is 79.9 Å². The van der Waals surface area contributed by atoms with Gasteiger partial charge in [0, 0.05) is 30.3 Å². The Hall–Kier alpha value is -2.61. The summed E-state index contributed by atoms with van der Waals surface area (Å²) in [5.41, 5.74) is 1.53. The van der Waals surface area contributed by atoms with Crippen LogP contribution in [0.4, 0.5) is 10.5 Å². The third-order valence-corrected chi connectivity index (χ3v) is 5.00. The third-order valence-electron chi connectivity index (χ3n) is 4.75. The van der Waals surface area contributed by atoms with Crippen molar-refractivity contribution < 1.29 is 19.1 Å². The fraction of sp³-hybridized carbons (Fsp3) is 0.364. The highest BCUT2D eigenvalue weighted by atomic mass is 35.5. The molecule has 2 amide bonds. The smallest absolute Gasteiger partial charge is 0.328 e. The number of rotatable bonds is 7. The monoisotopic (exact) mass is 431 g/mol. The molecule has 1 aliphatic rings. The minimum Gasteiger partial charge on any atom is -0.465 e. The molecule has 30 heavy (non-hydrogen) atoms. The van der Waals surface area contributed by atoms with E-state index in [4.69, 9.17) is 21.1 Å². The Balaban J connectivity index is 1.58. The van der Waals surface area contributed by atoms with Crippen molar-refractivity contribution in [1.82, 2.24) is 10.2 Å². The van der Waals surface area contributed by atoms with E-state index in [1.165, 1.54) is 0 Å². The number of urea groups is 1. The van der Waals surface area contributed by atoms with Crippen LogP contribution in [0.15, 0.2) is 54.6 Å². The number of morpholine rings is 1. The molecule has 2 atom stereocenters. The van der Waals surface area contributed by atoms with Gasteiger partial charge in [-0.2, -0.15) is 0 Å². The predicted octanol–water partition coefficient (Wildman–Crippen LogP) is 3.47. The Morgan fingerprint density at radius 2 is 1.93 bits per heavy atom. The first-order valence-corrected chi connectivity index (χ1v) is 10.3. The summed E-state index contributed by atoms with van der Waals surface area (Å²) in [5.74, 6) is -0.280. The fourth-order valence-corrected chi connectivity index (χ4v) is 3.49. The number of hydrogen-bond donors (Lipinski definition) is 2. The molecule has 7 nitrogen and oxygen atoms in total. The second-order valence-electron chi connectivity index (χ2n) is 6.89. The van der Waals surface area contributed by atoms with Gasteiger partial charge < -0.3 is 20.1 Å². The molecule has 2 aromatic rings. The highest BCUT2D eigenvalue weighted by Gasteiger charge is 2.33. The van der Waals surface area contributed by atoms with E-state index >= 15 is 0 Å². The number of nitrogens with zero attached hydrogens (tertiary/aromatic N) is 1. The zero-order valence-electron chi connectivity index (χ0n) is 16.8. The van der Waals surface area contributed by atoms with Gasteiger partial charge in [-0.15, -0.1) is 0 Å². The molecule has 0 bridgehead atoms. The van der Waals surface area contributed by atoms with Crippen molar-refractivity contribution in [2.75, 3.05) is 38.2 Å². The molecule has 8 heteroatoms. The molecule has 2 N–H and O–H groups in total. The number of halogens is 1. The Morgan fingerprint density at radius 1 is 1.20 bits per heavy atom. The van der Waals surface area contributed by atoms with E-state index in [2.05, 4.69) is 10.6 Å². The van der Waals surface area contributed by atoms with Gasteiger partial charge in [0.1, 0.15) is 6.04 Å². The maximum Gasteiger partial charge on any atom is 0.328 e. The number of anilines is 1. The Bertz CT molecular complexity index is 832. The van der Waals surface area contributed by atoms with E-state index in [1.807, 2.05) is 35.2 Å². The first-order chi connectivity index (χ1) is 14.6. The average Bonchev–Trinajstić information content (AvgIpc) is 2.75. The van der Waals surface area contributed by atoms with Crippen LogP contribution in [-0.4, -0.2) is 55.9 Å². The summed E-state index contributed by atoms with van der Waals surface area (Å²) in [6.07, 6.45) is -0.240. The summed E-state index contributed by atoms with van der Waals surface area (Å²) < 4.78 is 11.1. The predicted molar refractivity (Wildman–Crippen MR) is 116 cm³/mol. The number of nitrogens with one attached hydrogen (secondary N) is 2. The van der Waals surface area contributed by atoms with Crippen molar-refractivity contribution in [2.24, 2.45) is 0 Å². The van der Waals surface area contributed by atoms with Gasteiger partial charge in [-0.1, -0.05) is 41.9 Å². The minimum atomic E-state index is -0.500. The number of carbonyl (C=O) groups excluding carboxylic acids is 2. The van der Waals surface area contributed by atoms with Crippen LogP contribution in [0.5, 0.6) is 0 Å². The maximum absolute atomic E-state index is 12.6. The van der Waals surface area contributed by atoms with Crippen LogP contribution >= 0.6 is 11.6 Å². The van der Waals surface area contributed by atoms with Gasteiger partial charge in [-0.25, -0.2) is 9.59 Å². The van der Waals surface area contributed by atoms with Gasteiger partial charge in [0.25, 0.3) is 0 Å². The third kappa shape index (κ3) is 6.19. The number of ether oxygens (including phenoxy) is 2. The van der Waals surface area contributed by atoms with Crippen molar-refractivity contribution in [3.05, 3.63) is 65.2 Å². The molecule has 2 aromatic carbocycles. The summed E-state index contributed by atoms with van der Waals surface area (Å²) in [7, 11) is 0. The van der Waals surface area contributed by atoms with Gasteiger partial charge in [0.15, 0.2) is 0 Å². The van der Waals surface area contributed by atoms with Crippen molar-refractivity contribution in [3.63, 3.8) is 0 Å². The molecule has 0 aliphatic carbocycles. The van der Waals surface area contributed by atoms with E-state index in [1.54, 1.807) is 31.2 Å². The molecular formula is C22H26ClN3O4. The summed E-state index contributed by atoms with van der Waals surface area (Å²) in [6, 6.07) is 15.6. The lowest BCUT2D eigenvalue weighted by Crippen LogP contribution is -2.50. The lowest BCUT2D eigenvalue weighted by Gasteiger charge is -2.37. The van der Waals surface area contributed by atoms with E-state index in [9.17, 15) is 9.59 Å². The van der Waals surface area contributed by atoms with Gasteiger partial charge in [0.05, 0.1) is 19.3 Å². The van der Waals surface area contributed by atoms with Crippen molar-refractivity contribution in [2.45, 2.75) is 19.1 Å². The molecule has 1 saturated heterocycles. The average molecular weight is 432 g/mol. The van der Waals surface area contributed by atoms with Gasteiger partial charge >= 0.3 is 12.0 Å². The number of amides is 2. The second-order valence-corrected chi connectivity index (χ2v) is 7.33. The lowest BCUT2D eigenvalue weighted by molar-refractivity contribution is -0.153. The number of hydrogen-bond acceptors (Lipinski definition) is 5. The Kier molecular flexibility index (Phi) is 8.07. The molecule has 2 unspecified atom stereocenters. The molecule has 0 saturated carbocycles. The van der Waals surface area contributed by atoms with Crippen molar-refractivity contribution >= 4 is 29.3 Å². The standard InChI is InChI=1S/C22H26ClN3O4/c1-2-29-21(27)20(16-6-4-3-5-7-16)26-12-13-30-19(15-26)14-24-22(28)25-18-10-8-17(23)9-11-18/h3-11,19-20H,2,12-15H2,1H3,(H2,24,25,28). The maximum atomic E-state index is 12.6. The van der Waals surface area contributed by atoms with E-state index in [0.717, 1.165) is 5.56 Å². The molecule has 1 fully saturated rings. The first-order valence-electron chi connectivity index (χ1n) is 9.94. The minimum absolute atomic E-state index is 0.240. The summed E-state index contributed by atoms with van der Waals surface area (Å²) in [5, 5.41) is 6.17. The molecule has 0 spiro atoms. The van der Waals surface area contributed by atoms with Gasteiger partial charge in [-0.05, 0) is 36.8 Å². The normalized spacial score (nSPS) is 17.7.